The van der Waals surface area contributed by atoms with Gasteiger partial charge in [-0.05, 0) is 20.8 Å². The Morgan fingerprint density at radius 3 is 1.94 bits per heavy atom. The molecule has 0 saturated carbocycles. The Morgan fingerprint density at radius 1 is 1.38 bits per heavy atom. The van der Waals surface area contributed by atoms with Crippen LogP contribution < -0.4 is 11.1 Å². The van der Waals surface area contributed by atoms with Gasteiger partial charge in [-0.15, -0.1) is 0 Å². The zero-order valence-corrected chi connectivity index (χ0v) is 11.3. The minimum atomic E-state index is -0.591. The fraction of sp³-hybridized carbons (Fsp3) is 0.818. The Hall–Kier alpha value is -1.10. The van der Waals surface area contributed by atoms with Gasteiger partial charge in [-0.1, -0.05) is 13.8 Å². The molecule has 0 bridgehead atoms. The molecule has 5 nitrogen and oxygen atoms in total. The Bertz CT molecular complexity index is 165. The molecule has 0 spiro atoms. The molecule has 0 rings (SSSR count). The number of primary amides is 1. The first kappa shape index (κ1) is 20.3. The fourth-order valence-corrected chi connectivity index (χ4v) is 0.254. The quantitative estimate of drug-likeness (QED) is 0.576. The standard InChI is InChI=1S/C5H12O.C4H8N2O2.C2H6/c1-5(2,3)6-4;5-4(8)6-2-1-3-7;1-2/h1-4H3;3H,1-2H2,(H3,5,6,8);1-2H3. The van der Waals surface area contributed by atoms with E-state index in [1.165, 1.54) is 0 Å². The van der Waals surface area contributed by atoms with Crippen LogP contribution in [0.15, 0.2) is 0 Å². The molecule has 0 aromatic carbocycles. The summed E-state index contributed by atoms with van der Waals surface area (Å²) < 4.78 is 4.94. The highest BCUT2D eigenvalue weighted by Crippen LogP contribution is 2.02. The Morgan fingerprint density at radius 2 is 1.75 bits per heavy atom. The highest BCUT2D eigenvalue weighted by Gasteiger charge is 2.03. The molecule has 16 heavy (non-hydrogen) atoms. The maximum Gasteiger partial charge on any atom is 0.312 e. The SMILES string of the molecule is CC.COC(C)(C)C.NC(=O)NCCC=O. The van der Waals surface area contributed by atoms with Crippen LogP contribution in [0.3, 0.4) is 0 Å². The summed E-state index contributed by atoms with van der Waals surface area (Å²) in [4.78, 5) is 19.5. The molecule has 3 N–H and O–H groups in total. The van der Waals surface area contributed by atoms with Gasteiger partial charge in [0.15, 0.2) is 0 Å². The molecule has 0 unspecified atom stereocenters. The second-order valence-electron chi connectivity index (χ2n) is 3.56. The third-order valence-corrected chi connectivity index (χ3v) is 1.17. The molecule has 2 amide bonds. The number of ether oxygens (including phenoxy) is 1. The average molecular weight is 234 g/mol. The number of carbonyl (C=O) groups is 2. The van der Waals surface area contributed by atoms with Gasteiger partial charge >= 0.3 is 6.03 Å². The van der Waals surface area contributed by atoms with Gasteiger partial charge in [-0.25, -0.2) is 4.79 Å². The first-order chi connectivity index (χ1) is 7.33. The first-order valence-electron chi connectivity index (χ1n) is 5.35. The largest absolute Gasteiger partial charge is 0.379 e. The summed E-state index contributed by atoms with van der Waals surface area (Å²) in [5.74, 6) is 0. The Balaban J connectivity index is -0.000000188. The van der Waals surface area contributed by atoms with Crippen LogP contribution in [0.5, 0.6) is 0 Å². The van der Waals surface area contributed by atoms with Crippen LogP contribution in [-0.2, 0) is 9.53 Å². The number of hydrogen-bond acceptors (Lipinski definition) is 3. The smallest absolute Gasteiger partial charge is 0.312 e. The first-order valence-corrected chi connectivity index (χ1v) is 5.35. The highest BCUT2D eigenvalue weighted by atomic mass is 16.5. The van der Waals surface area contributed by atoms with E-state index in [4.69, 9.17) is 4.74 Å². The third kappa shape index (κ3) is 38.4. The van der Waals surface area contributed by atoms with Crippen molar-refractivity contribution in [1.82, 2.24) is 5.32 Å². The molecule has 0 fully saturated rings. The molecule has 0 radical (unpaired) electrons. The third-order valence-electron chi connectivity index (χ3n) is 1.17. The zero-order valence-electron chi connectivity index (χ0n) is 11.3. The minimum Gasteiger partial charge on any atom is -0.379 e. The van der Waals surface area contributed by atoms with E-state index in [-0.39, 0.29) is 5.60 Å². The minimum absolute atomic E-state index is 0.0417. The number of carbonyl (C=O) groups excluding carboxylic acids is 2. The van der Waals surface area contributed by atoms with Gasteiger partial charge in [0.1, 0.15) is 6.29 Å². The normalized spacial score (nSPS) is 8.88. The Labute approximate surface area is 98.7 Å². The lowest BCUT2D eigenvalue weighted by molar-refractivity contribution is -0.107. The number of urea groups is 1. The lowest BCUT2D eigenvalue weighted by Crippen LogP contribution is -2.30. The van der Waals surface area contributed by atoms with Crippen molar-refractivity contribution in [3.63, 3.8) is 0 Å². The van der Waals surface area contributed by atoms with Crippen molar-refractivity contribution in [3.05, 3.63) is 0 Å². The molecule has 0 saturated heterocycles. The van der Waals surface area contributed by atoms with Crippen molar-refractivity contribution < 1.29 is 14.3 Å². The molecule has 0 aliphatic heterocycles. The van der Waals surface area contributed by atoms with Crippen molar-refractivity contribution >= 4 is 12.3 Å². The van der Waals surface area contributed by atoms with Crippen molar-refractivity contribution in [2.75, 3.05) is 13.7 Å². The molecule has 0 aliphatic carbocycles. The summed E-state index contributed by atoms with van der Waals surface area (Å²) in [6.45, 7) is 10.4. The number of amides is 2. The van der Waals surface area contributed by atoms with Gasteiger partial charge in [0, 0.05) is 20.1 Å². The lowest BCUT2D eigenvalue weighted by atomic mass is 10.2. The van der Waals surface area contributed by atoms with E-state index in [1.807, 2.05) is 34.6 Å². The molecular formula is C11H26N2O3. The number of aldehydes is 1. The molecule has 0 heterocycles. The molecule has 98 valence electrons. The van der Waals surface area contributed by atoms with Gasteiger partial charge in [-0.2, -0.15) is 0 Å². The average Bonchev–Trinajstić information content (AvgIpc) is 2.21. The molecule has 0 atom stereocenters. The summed E-state index contributed by atoms with van der Waals surface area (Å²) in [5, 5.41) is 2.25. The van der Waals surface area contributed by atoms with Crippen molar-refractivity contribution in [1.29, 1.82) is 0 Å². The fourth-order valence-electron chi connectivity index (χ4n) is 0.254. The molecule has 0 aromatic rings. The monoisotopic (exact) mass is 234 g/mol. The topological polar surface area (TPSA) is 81.4 Å². The van der Waals surface area contributed by atoms with Gasteiger partial charge < -0.3 is 20.6 Å². The van der Waals surface area contributed by atoms with Gasteiger partial charge in [-0.3, -0.25) is 0 Å². The number of hydrogen-bond donors (Lipinski definition) is 2. The molecule has 0 aromatic heterocycles. The van der Waals surface area contributed by atoms with Crippen LogP contribution >= 0.6 is 0 Å². The van der Waals surface area contributed by atoms with E-state index in [2.05, 4.69) is 11.1 Å². The van der Waals surface area contributed by atoms with Crippen LogP contribution in [0.2, 0.25) is 0 Å². The molecular weight excluding hydrogens is 208 g/mol. The lowest BCUT2D eigenvalue weighted by Gasteiger charge is -2.14. The maximum atomic E-state index is 9.87. The van der Waals surface area contributed by atoms with Gasteiger partial charge in [0.05, 0.1) is 5.60 Å². The zero-order chi connectivity index (χ0) is 13.6. The van der Waals surface area contributed by atoms with Crippen LogP contribution in [-0.4, -0.2) is 31.6 Å². The van der Waals surface area contributed by atoms with Crippen LogP contribution in [0.4, 0.5) is 4.79 Å². The van der Waals surface area contributed by atoms with Crippen molar-refractivity contribution in [2.24, 2.45) is 5.73 Å². The van der Waals surface area contributed by atoms with E-state index in [0.29, 0.717) is 13.0 Å². The second-order valence-corrected chi connectivity index (χ2v) is 3.56. The van der Waals surface area contributed by atoms with Crippen LogP contribution in [0, 0.1) is 0 Å². The second kappa shape index (κ2) is 13.9. The number of nitrogens with two attached hydrogens (primary N) is 1. The summed E-state index contributed by atoms with van der Waals surface area (Å²) >= 11 is 0. The van der Waals surface area contributed by atoms with Crippen LogP contribution in [0.1, 0.15) is 41.0 Å². The number of methoxy groups -OCH3 is 1. The van der Waals surface area contributed by atoms with Gasteiger partial charge in [0.25, 0.3) is 0 Å². The summed E-state index contributed by atoms with van der Waals surface area (Å²) in [6.07, 6.45) is 1.04. The van der Waals surface area contributed by atoms with Crippen LogP contribution in [0.25, 0.3) is 0 Å². The van der Waals surface area contributed by atoms with E-state index in [1.54, 1.807) is 7.11 Å². The van der Waals surface area contributed by atoms with E-state index < -0.39 is 6.03 Å². The predicted octanol–water partition coefficient (Wildman–Crippen LogP) is 1.70. The van der Waals surface area contributed by atoms with Crippen molar-refractivity contribution in [3.8, 4) is 0 Å². The van der Waals surface area contributed by atoms with Crippen molar-refractivity contribution in [2.45, 2.75) is 46.6 Å². The number of rotatable bonds is 3. The van der Waals surface area contributed by atoms with E-state index in [9.17, 15) is 9.59 Å². The molecule has 0 aliphatic rings. The van der Waals surface area contributed by atoms with E-state index in [0.717, 1.165) is 6.29 Å². The predicted molar refractivity (Wildman–Crippen MR) is 66.4 cm³/mol. The summed E-state index contributed by atoms with van der Waals surface area (Å²) in [5.41, 5.74) is 4.71. The summed E-state index contributed by atoms with van der Waals surface area (Å²) in [6, 6.07) is -0.591. The molecule has 5 heteroatoms. The maximum absolute atomic E-state index is 9.87. The van der Waals surface area contributed by atoms with Gasteiger partial charge in [0.2, 0.25) is 0 Å². The van der Waals surface area contributed by atoms with E-state index >= 15 is 0 Å². The highest BCUT2D eigenvalue weighted by molar-refractivity contribution is 5.71. The number of nitrogens with one attached hydrogen (secondary N) is 1. The summed E-state index contributed by atoms with van der Waals surface area (Å²) in [7, 11) is 1.71. The Kier molecular flexibility index (Phi) is 17.7.